The monoisotopic (exact) mass is 412 g/mol. The quantitative estimate of drug-likeness (QED) is 0.356. The van der Waals surface area contributed by atoms with Crippen molar-refractivity contribution in [2.75, 3.05) is 0 Å². The molecule has 0 heterocycles. The van der Waals surface area contributed by atoms with E-state index in [2.05, 4.69) is 63.9 Å². The summed E-state index contributed by atoms with van der Waals surface area (Å²) in [4.78, 5) is 0. The molecule has 0 aliphatic heterocycles. The van der Waals surface area contributed by atoms with Gasteiger partial charge in [0.25, 0.3) is 0 Å². The van der Waals surface area contributed by atoms with E-state index in [0.717, 1.165) is 51.7 Å². The summed E-state index contributed by atoms with van der Waals surface area (Å²) in [5.41, 5.74) is 1.29. The molecule has 22 heavy (non-hydrogen) atoms. The van der Waals surface area contributed by atoms with E-state index in [1.54, 1.807) is 0 Å². The molecule has 6 rings (SSSR count). The first kappa shape index (κ1) is 16.3. The number of rotatable bonds is 2. The third-order valence-corrected chi connectivity index (χ3v) is 11.5. The Morgan fingerprint density at radius 2 is 1.09 bits per heavy atom. The molecule has 0 radical (unpaired) electrons. The first-order chi connectivity index (χ1) is 10.2. The van der Waals surface area contributed by atoms with E-state index in [9.17, 15) is 0 Å². The van der Waals surface area contributed by atoms with Crippen LogP contribution in [0.3, 0.4) is 0 Å². The molecule has 0 nitrogen and oxygen atoms in total. The number of fused-ring (bicyclic) bond motifs is 4. The largest absolute Gasteiger partial charge is 0.224 e. The fourth-order valence-corrected chi connectivity index (χ4v) is 9.43. The Morgan fingerprint density at radius 1 is 0.727 bits per heavy atom. The number of hydrogen-bond acceptors (Lipinski definition) is 0. The summed E-state index contributed by atoms with van der Waals surface area (Å²) >= 11 is 2.90. The molecule has 124 valence electrons. The van der Waals surface area contributed by atoms with Crippen molar-refractivity contribution in [1.82, 2.24) is 0 Å². The van der Waals surface area contributed by atoms with Crippen molar-refractivity contribution in [2.45, 2.75) is 78.9 Å². The van der Waals surface area contributed by atoms with Crippen molar-refractivity contribution in [3.8, 4) is 0 Å². The smallest absolute Gasteiger partial charge is 0.149 e. The van der Waals surface area contributed by atoms with Crippen molar-refractivity contribution in [1.29, 1.82) is 0 Å². The van der Waals surface area contributed by atoms with Crippen LogP contribution in [-0.4, -0.2) is 4.57 Å². The molecule has 6 aliphatic carbocycles. The molecule has 0 aromatic heterocycles. The lowest BCUT2D eigenvalue weighted by Gasteiger charge is -2.65. The molecule has 6 saturated carbocycles. The van der Waals surface area contributed by atoms with Gasteiger partial charge < -0.3 is 0 Å². The van der Waals surface area contributed by atoms with Gasteiger partial charge in [-0.25, -0.2) is 0 Å². The second kappa shape index (κ2) is 4.91. The molecule has 2 heteroatoms. The molecule has 0 amide bonds. The van der Waals surface area contributed by atoms with Crippen LogP contribution < -0.4 is 0 Å². The third kappa shape index (κ3) is 1.94. The summed E-state index contributed by atoms with van der Waals surface area (Å²) in [7, 11) is 0. The minimum atomic E-state index is 0.647. The zero-order chi connectivity index (χ0) is 16.0. The SMILES string of the molecule is C[C@@H]1C2CC(C[C@H]1B(I)[C@@H]1CC3CC([C@H]1C)C3(C)C)C2(C)C. The van der Waals surface area contributed by atoms with Gasteiger partial charge in [-0.05, 0) is 70.8 Å². The highest BCUT2D eigenvalue weighted by Crippen LogP contribution is 2.70. The maximum atomic E-state index is 2.90. The Labute approximate surface area is 151 Å². The van der Waals surface area contributed by atoms with Crippen molar-refractivity contribution >= 4 is 26.9 Å². The number of hydrogen-bond donors (Lipinski definition) is 0. The molecule has 4 unspecified atom stereocenters. The topological polar surface area (TPSA) is 0 Å². The minimum absolute atomic E-state index is 0.647. The van der Waals surface area contributed by atoms with Crippen LogP contribution in [0.2, 0.25) is 11.6 Å². The van der Waals surface area contributed by atoms with Crippen LogP contribution in [0.15, 0.2) is 0 Å². The molecule has 6 fully saturated rings. The highest BCUT2D eigenvalue weighted by atomic mass is 127. The number of halogens is 1. The van der Waals surface area contributed by atoms with Gasteiger partial charge in [0.2, 0.25) is 4.57 Å². The molecule has 0 aromatic carbocycles. The van der Waals surface area contributed by atoms with Crippen molar-refractivity contribution in [2.24, 2.45) is 46.3 Å². The second-order valence-corrected chi connectivity index (χ2v) is 12.1. The van der Waals surface area contributed by atoms with Crippen LogP contribution >= 0.6 is 22.4 Å². The van der Waals surface area contributed by atoms with E-state index >= 15 is 0 Å². The predicted octanol–water partition coefficient (Wildman–Crippen LogP) is 6.56. The average Bonchev–Trinajstić information content (AvgIpc) is 2.45. The molecule has 6 aliphatic rings. The van der Waals surface area contributed by atoms with Gasteiger partial charge in [0.15, 0.2) is 0 Å². The van der Waals surface area contributed by atoms with E-state index in [4.69, 9.17) is 0 Å². The molecule has 0 N–H and O–H groups in total. The Hall–Kier alpha value is 0.795. The summed E-state index contributed by atoms with van der Waals surface area (Å²) in [6.07, 6.45) is 6.12. The fourth-order valence-electron chi connectivity index (χ4n) is 7.54. The van der Waals surface area contributed by atoms with Crippen LogP contribution in [0.4, 0.5) is 0 Å². The van der Waals surface area contributed by atoms with E-state index in [1.165, 1.54) is 25.7 Å². The van der Waals surface area contributed by atoms with Gasteiger partial charge in [-0.15, -0.1) is 22.4 Å². The maximum absolute atomic E-state index is 2.90. The molecule has 4 bridgehead atoms. The van der Waals surface area contributed by atoms with Crippen LogP contribution in [-0.2, 0) is 0 Å². The highest BCUT2D eigenvalue weighted by molar-refractivity contribution is 14.1. The zero-order valence-electron chi connectivity index (χ0n) is 15.4. The third-order valence-electron chi connectivity index (χ3n) is 9.64. The average molecular weight is 412 g/mol. The first-order valence-corrected chi connectivity index (χ1v) is 11.0. The van der Waals surface area contributed by atoms with Crippen molar-refractivity contribution in [3.63, 3.8) is 0 Å². The fraction of sp³-hybridized carbons (Fsp3) is 1.00. The first-order valence-electron chi connectivity index (χ1n) is 9.79. The Bertz CT molecular complexity index is 428. The van der Waals surface area contributed by atoms with Crippen molar-refractivity contribution < 1.29 is 0 Å². The second-order valence-electron chi connectivity index (χ2n) is 10.7. The molecule has 8 atom stereocenters. The standard InChI is InChI=1S/C20H34BI/c1-11-15-7-13(19(15,3)4)9-17(11)21(22)18-10-14-8-16(12(18)2)20(14,5)6/h11-18H,7-10H2,1-6H3/t11-,12-,13?,14?,15?,16?,17-,18-/m1/s1. The predicted molar refractivity (Wildman–Crippen MR) is 106 cm³/mol. The molecule has 0 aromatic rings. The molecular formula is C20H34BI. The van der Waals surface area contributed by atoms with E-state index in [0.29, 0.717) is 10.8 Å². The zero-order valence-corrected chi connectivity index (χ0v) is 17.6. The highest BCUT2D eigenvalue weighted by Gasteiger charge is 2.61. The van der Waals surface area contributed by atoms with Gasteiger partial charge in [-0.2, -0.15) is 0 Å². The van der Waals surface area contributed by atoms with E-state index in [1.807, 2.05) is 0 Å². The normalized spacial score (nSPS) is 54.1. The molecule has 0 spiro atoms. The van der Waals surface area contributed by atoms with Crippen LogP contribution in [0, 0.1) is 46.3 Å². The van der Waals surface area contributed by atoms with Gasteiger partial charge in [0.05, 0.1) is 0 Å². The Kier molecular flexibility index (Phi) is 3.63. The summed E-state index contributed by atoms with van der Waals surface area (Å²) < 4.78 is 0.936. The van der Waals surface area contributed by atoms with Crippen LogP contribution in [0.25, 0.3) is 0 Å². The summed E-state index contributed by atoms with van der Waals surface area (Å²) in [5.74, 6) is 8.01. The lowest BCUT2D eigenvalue weighted by molar-refractivity contribution is -0.106. The van der Waals surface area contributed by atoms with Gasteiger partial charge in [-0.3, -0.25) is 0 Å². The van der Waals surface area contributed by atoms with Gasteiger partial charge in [-0.1, -0.05) is 54.4 Å². The van der Waals surface area contributed by atoms with E-state index < -0.39 is 0 Å². The van der Waals surface area contributed by atoms with Gasteiger partial charge >= 0.3 is 0 Å². The lowest BCUT2D eigenvalue weighted by Crippen LogP contribution is -2.58. The minimum Gasteiger partial charge on any atom is -0.149 e. The Balaban J connectivity index is 1.49. The molecular weight excluding hydrogens is 378 g/mol. The van der Waals surface area contributed by atoms with Crippen LogP contribution in [0.1, 0.15) is 67.2 Å². The van der Waals surface area contributed by atoms with Gasteiger partial charge in [0, 0.05) is 0 Å². The Morgan fingerprint density at radius 3 is 1.36 bits per heavy atom. The lowest BCUT2D eigenvalue weighted by atomic mass is 9.31. The van der Waals surface area contributed by atoms with Crippen molar-refractivity contribution in [3.05, 3.63) is 0 Å². The van der Waals surface area contributed by atoms with Crippen LogP contribution in [0.5, 0.6) is 0 Å². The summed E-state index contributed by atoms with van der Waals surface area (Å²) in [6.45, 7) is 15.4. The maximum Gasteiger partial charge on any atom is 0.224 e. The van der Waals surface area contributed by atoms with E-state index in [-0.39, 0.29) is 0 Å². The molecule has 0 saturated heterocycles. The van der Waals surface area contributed by atoms with Gasteiger partial charge in [0.1, 0.15) is 0 Å². The summed E-state index contributed by atoms with van der Waals surface area (Å²) in [5, 5.41) is 0. The summed E-state index contributed by atoms with van der Waals surface area (Å²) in [6, 6.07) is 0.